The van der Waals surface area contributed by atoms with Crippen LogP contribution in [0.15, 0.2) is 18.2 Å². The summed E-state index contributed by atoms with van der Waals surface area (Å²) in [5.74, 6) is -0.465. The van der Waals surface area contributed by atoms with Gasteiger partial charge in [0.15, 0.2) is 0 Å². The number of hydrogen-bond acceptors (Lipinski definition) is 3. The number of alkyl halides is 3. The summed E-state index contributed by atoms with van der Waals surface area (Å²) >= 11 is 0. The zero-order valence-corrected chi connectivity index (χ0v) is 13.2. The van der Waals surface area contributed by atoms with Crippen LogP contribution in [0.4, 0.5) is 18.9 Å². The second kappa shape index (κ2) is 4.96. The van der Waals surface area contributed by atoms with Gasteiger partial charge in [-0.2, -0.15) is 18.4 Å². The van der Waals surface area contributed by atoms with E-state index in [1.807, 2.05) is 0 Å². The lowest BCUT2D eigenvalue weighted by molar-refractivity contribution is -0.138. The second-order valence-electron chi connectivity index (χ2n) is 6.46. The summed E-state index contributed by atoms with van der Waals surface area (Å²) < 4.78 is 39.3. The van der Waals surface area contributed by atoms with Gasteiger partial charge in [-0.05, 0) is 45.9 Å². The van der Waals surface area contributed by atoms with Crippen LogP contribution in [0.25, 0.3) is 0 Å². The van der Waals surface area contributed by atoms with Crippen LogP contribution < -0.4 is 4.90 Å². The van der Waals surface area contributed by atoms with Gasteiger partial charge in [0, 0.05) is 5.69 Å². The molecule has 0 unspecified atom stereocenters. The minimum absolute atomic E-state index is 0.0136. The summed E-state index contributed by atoms with van der Waals surface area (Å²) in [5, 5.41) is 19.4. The number of nitrogens with zero attached hydrogens (tertiary/aromatic N) is 2. The SMILES string of the molecule is C[C@@H]1N(c2ccc(C#N)c(C(F)(F)F)c2)C(=O)C(C)(C)[C@]1(C)O. The fourth-order valence-corrected chi connectivity index (χ4v) is 2.82. The summed E-state index contributed by atoms with van der Waals surface area (Å²) in [6.45, 7) is 6.18. The number of carbonyl (C=O) groups excluding carboxylic acids is 1. The van der Waals surface area contributed by atoms with Crippen LogP contribution in [-0.2, 0) is 11.0 Å². The fraction of sp³-hybridized carbons (Fsp3) is 0.500. The molecular weight excluding hydrogens is 309 g/mol. The van der Waals surface area contributed by atoms with Gasteiger partial charge in [-0.3, -0.25) is 4.79 Å². The molecule has 0 saturated carbocycles. The molecule has 124 valence electrons. The molecule has 0 aromatic heterocycles. The number of anilines is 1. The third-order valence-corrected chi connectivity index (χ3v) is 4.93. The summed E-state index contributed by atoms with van der Waals surface area (Å²) in [6.07, 6.45) is -4.70. The first-order valence-corrected chi connectivity index (χ1v) is 7.03. The van der Waals surface area contributed by atoms with E-state index in [-0.39, 0.29) is 5.69 Å². The van der Waals surface area contributed by atoms with Gasteiger partial charge in [0.1, 0.15) is 0 Å². The van der Waals surface area contributed by atoms with Gasteiger partial charge in [-0.1, -0.05) is 0 Å². The van der Waals surface area contributed by atoms with E-state index in [0.717, 1.165) is 17.0 Å². The Hall–Kier alpha value is -2.07. The molecule has 1 aliphatic heterocycles. The standard InChI is InChI=1S/C16H17F3N2O2/c1-9-15(4,23)14(2,3)13(22)21(9)11-6-5-10(8-20)12(7-11)16(17,18)19/h5-7,9,23H,1-4H3/t9-,15+/m0/s1. The van der Waals surface area contributed by atoms with Gasteiger partial charge in [0.25, 0.3) is 0 Å². The third kappa shape index (κ3) is 2.38. The van der Waals surface area contributed by atoms with E-state index in [1.165, 1.54) is 19.1 Å². The van der Waals surface area contributed by atoms with E-state index < -0.39 is 40.3 Å². The molecular formula is C16H17F3N2O2. The number of carbonyl (C=O) groups is 1. The summed E-state index contributed by atoms with van der Waals surface area (Å²) in [7, 11) is 0. The maximum absolute atomic E-state index is 13.1. The first kappa shape index (κ1) is 17.3. The summed E-state index contributed by atoms with van der Waals surface area (Å²) in [4.78, 5) is 13.8. The van der Waals surface area contributed by atoms with E-state index in [0.29, 0.717) is 0 Å². The van der Waals surface area contributed by atoms with Gasteiger partial charge >= 0.3 is 6.18 Å². The first-order valence-electron chi connectivity index (χ1n) is 7.03. The number of halogens is 3. The van der Waals surface area contributed by atoms with Crippen molar-refractivity contribution in [3.05, 3.63) is 29.3 Å². The van der Waals surface area contributed by atoms with Gasteiger partial charge in [-0.15, -0.1) is 0 Å². The Bertz CT molecular complexity index is 702. The summed E-state index contributed by atoms with van der Waals surface area (Å²) in [6, 6.07) is 3.91. The molecule has 0 radical (unpaired) electrons. The molecule has 23 heavy (non-hydrogen) atoms. The van der Waals surface area contributed by atoms with Crippen LogP contribution >= 0.6 is 0 Å². The van der Waals surface area contributed by atoms with E-state index in [1.54, 1.807) is 20.8 Å². The Kier molecular flexibility index (Phi) is 3.73. The molecule has 1 aliphatic rings. The van der Waals surface area contributed by atoms with Gasteiger partial charge in [-0.25, -0.2) is 0 Å². The predicted molar refractivity (Wildman–Crippen MR) is 77.5 cm³/mol. The topological polar surface area (TPSA) is 64.3 Å². The second-order valence-corrected chi connectivity index (χ2v) is 6.46. The molecule has 0 spiro atoms. The summed E-state index contributed by atoms with van der Waals surface area (Å²) in [5.41, 5.74) is -4.14. The van der Waals surface area contributed by atoms with Crippen LogP contribution in [-0.4, -0.2) is 22.7 Å². The Labute approximate surface area is 132 Å². The molecule has 1 N–H and O–H groups in total. The zero-order valence-electron chi connectivity index (χ0n) is 13.2. The molecule has 4 nitrogen and oxygen atoms in total. The minimum atomic E-state index is -4.70. The van der Waals surface area contributed by atoms with Crippen LogP contribution in [0.2, 0.25) is 0 Å². The smallest absolute Gasteiger partial charge is 0.387 e. The molecule has 0 bridgehead atoms. The van der Waals surface area contributed by atoms with Crippen molar-refractivity contribution in [3.8, 4) is 6.07 Å². The van der Waals surface area contributed by atoms with Crippen molar-refractivity contribution in [1.82, 2.24) is 0 Å². The average Bonchev–Trinajstić information content (AvgIpc) is 2.56. The van der Waals surface area contributed by atoms with Crippen LogP contribution in [0.1, 0.15) is 38.8 Å². The number of nitriles is 1. The van der Waals surface area contributed by atoms with Crippen molar-refractivity contribution < 1.29 is 23.1 Å². The van der Waals surface area contributed by atoms with E-state index in [9.17, 15) is 23.1 Å². The molecule has 0 aliphatic carbocycles. The highest BCUT2D eigenvalue weighted by Gasteiger charge is 2.59. The highest BCUT2D eigenvalue weighted by Crippen LogP contribution is 2.46. The Morgan fingerprint density at radius 3 is 2.26 bits per heavy atom. The lowest BCUT2D eigenvalue weighted by Gasteiger charge is -2.33. The lowest BCUT2D eigenvalue weighted by atomic mass is 9.76. The van der Waals surface area contributed by atoms with Crippen molar-refractivity contribution in [1.29, 1.82) is 5.26 Å². The monoisotopic (exact) mass is 326 g/mol. The fourth-order valence-electron chi connectivity index (χ4n) is 2.82. The first-order chi connectivity index (χ1) is 10.4. The van der Waals surface area contributed by atoms with Crippen molar-refractivity contribution in [2.45, 2.75) is 45.5 Å². The van der Waals surface area contributed by atoms with Crippen molar-refractivity contribution in [3.63, 3.8) is 0 Å². The average molecular weight is 326 g/mol. The molecule has 1 fully saturated rings. The molecule has 1 aromatic carbocycles. The molecule has 7 heteroatoms. The van der Waals surface area contributed by atoms with Crippen LogP contribution in [0, 0.1) is 16.7 Å². The van der Waals surface area contributed by atoms with Gasteiger partial charge in [0.2, 0.25) is 5.91 Å². The van der Waals surface area contributed by atoms with Crippen molar-refractivity contribution >= 4 is 11.6 Å². The zero-order chi connectivity index (χ0) is 17.8. The third-order valence-electron chi connectivity index (χ3n) is 4.93. The van der Waals surface area contributed by atoms with E-state index in [2.05, 4.69) is 0 Å². The number of aliphatic hydroxyl groups is 1. The molecule has 2 rings (SSSR count). The number of benzene rings is 1. The largest absolute Gasteiger partial charge is 0.417 e. The number of rotatable bonds is 1. The number of hydrogen-bond donors (Lipinski definition) is 1. The normalized spacial score (nSPS) is 27.2. The molecule has 1 amide bonds. The molecule has 1 saturated heterocycles. The maximum atomic E-state index is 13.1. The van der Waals surface area contributed by atoms with E-state index in [4.69, 9.17) is 5.26 Å². The quantitative estimate of drug-likeness (QED) is 0.862. The van der Waals surface area contributed by atoms with E-state index >= 15 is 0 Å². The minimum Gasteiger partial charge on any atom is -0.387 e. The Morgan fingerprint density at radius 2 is 1.87 bits per heavy atom. The van der Waals surface area contributed by atoms with Crippen LogP contribution in [0.3, 0.4) is 0 Å². The molecule has 1 aromatic rings. The Balaban J connectivity index is 2.61. The maximum Gasteiger partial charge on any atom is 0.417 e. The van der Waals surface area contributed by atoms with Gasteiger partial charge in [0.05, 0.1) is 34.3 Å². The number of amides is 1. The van der Waals surface area contributed by atoms with Crippen molar-refractivity contribution in [2.24, 2.45) is 5.41 Å². The molecule has 1 heterocycles. The highest BCUT2D eigenvalue weighted by atomic mass is 19.4. The van der Waals surface area contributed by atoms with Crippen LogP contribution in [0.5, 0.6) is 0 Å². The van der Waals surface area contributed by atoms with Gasteiger partial charge < -0.3 is 10.0 Å². The predicted octanol–water partition coefficient (Wildman–Crippen LogP) is 3.09. The lowest BCUT2D eigenvalue weighted by Crippen LogP contribution is -2.46. The Morgan fingerprint density at radius 1 is 1.30 bits per heavy atom. The molecule has 2 atom stereocenters. The highest BCUT2D eigenvalue weighted by molar-refractivity contribution is 6.02. The van der Waals surface area contributed by atoms with Crippen molar-refractivity contribution in [2.75, 3.05) is 4.90 Å².